The lowest BCUT2D eigenvalue weighted by Gasteiger charge is -2.26. The molecule has 1 aliphatic heterocycles. The van der Waals surface area contributed by atoms with Gasteiger partial charge in [0.2, 0.25) is 5.89 Å². The molecule has 1 aliphatic rings. The normalized spacial score (nSPS) is 15.1. The third-order valence-corrected chi connectivity index (χ3v) is 5.83. The molecule has 1 fully saturated rings. The van der Waals surface area contributed by atoms with Gasteiger partial charge in [0, 0.05) is 12.1 Å². The molecule has 0 unspecified atom stereocenters. The molecular weight excluding hydrogens is 391 g/mol. The minimum atomic E-state index is -0.260. The molecule has 0 aliphatic carbocycles. The molecule has 29 heavy (non-hydrogen) atoms. The lowest BCUT2D eigenvalue weighted by Crippen LogP contribution is -2.30. The van der Waals surface area contributed by atoms with E-state index in [4.69, 9.17) is 4.52 Å². The van der Waals surface area contributed by atoms with Crippen molar-refractivity contribution < 1.29 is 8.91 Å². The second-order valence-corrected chi connectivity index (χ2v) is 8.13. The maximum atomic E-state index is 13.5. The summed E-state index contributed by atoms with van der Waals surface area (Å²) in [5.41, 5.74) is 0.852. The van der Waals surface area contributed by atoms with E-state index >= 15 is 0 Å². The summed E-state index contributed by atoms with van der Waals surface area (Å²) in [6.07, 6.45) is 5.46. The van der Waals surface area contributed by atoms with E-state index in [0.29, 0.717) is 17.5 Å². The van der Waals surface area contributed by atoms with Crippen LogP contribution in [0.5, 0.6) is 0 Å². The zero-order valence-electron chi connectivity index (χ0n) is 16.6. The minimum absolute atomic E-state index is 0.260. The van der Waals surface area contributed by atoms with E-state index in [1.54, 1.807) is 12.1 Å². The zero-order chi connectivity index (χ0) is 20.1. The number of halogens is 1. The predicted molar refractivity (Wildman–Crippen MR) is 108 cm³/mol. The largest absolute Gasteiger partial charge is 0.339 e. The summed E-state index contributed by atoms with van der Waals surface area (Å²) < 4.78 is 20.7. The van der Waals surface area contributed by atoms with Gasteiger partial charge in [0.15, 0.2) is 16.8 Å². The Morgan fingerprint density at radius 2 is 1.90 bits per heavy atom. The van der Waals surface area contributed by atoms with Crippen LogP contribution in [0.3, 0.4) is 0 Å². The number of hydrogen-bond donors (Lipinski definition) is 0. The highest BCUT2D eigenvalue weighted by molar-refractivity contribution is 7.98. The summed E-state index contributed by atoms with van der Waals surface area (Å²) in [5.74, 6) is 2.44. The van der Waals surface area contributed by atoms with Gasteiger partial charge in [-0.2, -0.15) is 4.98 Å². The summed E-state index contributed by atoms with van der Waals surface area (Å²) in [5, 5.41) is 13.6. The highest BCUT2D eigenvalue weighted by atomic mass is 32.2. The van der Waals surface area contributed by atoms with Crippen LogP contribution in [0.15, 0.2) is 33.9 Å². The van der Waals surface area contributed by atoms with Crippen LogP contribution in [-0.2, 0) is 18.7 Å². The van der Waals surface area contributed by atoms with E-state index in [2.05, 4.69) is 32.2 Å². The molecule has 154 valence electrons. The van der Waals surface area contributed by atoms with Gasteiger partial charge in [-0.3, -0.25) is 9.47 Å². The van der Waals surface area contributed by atoms with Crippen LogP contribution in [0.1, 0.15) is 50.1 Å². The molecular formula is C20H25FN6OS. The summed E-state index contributed by atoms with van der Waals surface area (Å²) >= 11 is 1.51. The first kappa shape index (κ1) is 20.0. The molecule has 2 aromatic heterocycles. The van der Waals surface area contributed by atoms with Gasteiger partial charge >= 0.3 is 0 Å². The summed E-state index contributed by atoms with van der Waals surface area (Å²) in [6, 6.07) is 6.45. The summed E-state index contributed by atoms with van der Waals surface area (Å²) in [6.45, 7) is 4.95. The Morgan fingerprint density at radius 1 is 1.10 bits per heavy atom. The van der Waals surface area contributed by atoms with Gasteiger partial charge in [-0.05, 0) is 56.6 Å². The Kier molecular flexibility index (Phi) is 6.56. The molecule has 7 nitrogen and oxygen atoms in total. The lowest BCUT2D eigenvalue weighted by atomic mass is 10.1. The first-order chi connectivity index (χ1) is 14.2. The van der Waals surface area contributed by atoms with Crippen LogP contribution in [0, 0.1) is 5.82 Å². The van der Waals surface area contributed by atoms with Gasteiger partial charge in [-0.15, -0.1) is 10.2 Å². The van der Waals surface area contributed by atoms with Crippen molar-refractivity contribution >= 4 is 11.8 Å². The van der Waals surface area contributed by atoms with Crippen molar-refractivity contribution in [2.24, 2.45) is 0 Å². The topological polar surface area (TPSA) is 72.9 Å². The van der Waals surface area contributed by atoms with Gasteiger partial charge in [-0.25, -0.2) is 4.39 Å². The van der Waals surface area contributed by atoms with E-state index in [1.807, 2.05) is 4.57 Å². The van der Waals surface area contributed by atoms with Gasteiger partial charge < -0.3 is 4.52 Å². The number of aryl methyl sites for hydroxylation is 1. The number of hydrogen-bond acceptors (Lipinski definition) is 7. The van der Waals surface area contributed by atoms with Crippen LogP contribution in [-0.4, -0.2) is 42.9 Å². The number of nitrogens with zero attached hydrogens (tertiary/aromatic N) is 6. The third kappa shape index (κ3) is 5.02. The second-order valence-electron chi connectivity index (χ2n) is 7.19. The molecule has 0 atom stereocenters. The van der Waals surface area contributed by atoms with Crippen molar-refractivity contribution in [2.75, 3.05) is 13.1 Å². The van der Waals surface area contributed by atoms with E-state index in [0.717, 1.165) is 49.1 Å². The SMILES string of the molecule is CCCc1nc(CSc2nnc(CN3CCCCC3)n2-c2ccc(F)cc2)no1. The Hall–Kier alpha value is -2.26. The number of rotatable bonds is 8. The monoisotopic (exact) mass is 416 g/mol. The van der Waals surface area contributed by atoms with E-state index < -0.39 is 0 Å². The number of benzene rings is 1. The number of piperidine rings is 1. The Bertz CT molecular complexity index is 919. The standard InChI is InChI=1S/C20H25FN6OS/c1-2-6-19-22-17(25-28-19)14-29-20-24-23-18(13-26-11-4-3-5-12-26)27(20)16-9-7-15(21)8-10-16/h7-10H,2-6,11-14H2,1H3. The number of thioether (sulfide) groups is 1. The molecule has 0 radical (unpaired) electrons. The molecule has 4 rings (SSSR count). The molecule has 0 N–H and O–H groups in total. The fraction of sp³-hybridized carbons (Fsp3) is 0.500. The average Bonchev–Trinajstić information content (AvgIpc) is 3.35. The quantitative estimate of drug-likeness (QED) is 0.514. The van der Waals surface area contributed by atoms with Gasteiger partial charge in [0.25, 0.3) is 0 Å². The van der Waals surface area contributed by atoms with Gasteiger partial charge in [0.05, 0.1) is 12.3 Å². The Labute approximate surface area is 173 Å². The zero-order valence-corrected chi connectivity index (χ0v) is 17.4. The van der Waals surface area contributed by atoms with E-state index in [9.17, 15) is 4.39 Å². The average molecular weight is 417 g/mol. The van der Waals surface area contributed by atoms with Crippen molar-refractivity contribution in [3.63, 3.8) is 0 Å². The van der Waals surface area contributed by atoms with Gasteiger partial charge in [-0.1, -0.05) is 30.3 Å². The van der Waals surface area contributed by atoms with Crippen LogP contribution in [0.25, 0.3) is 5.69 Å². The second kappa shape index (κ2) is 9.49. The van der Waals surface area contributed by atoms with Crippen molar-refractivity contribution in [1.29, 1.82) is 0 Å². The van der Waals surface area contributed by atoms with Crippen LogP contribution in [0.4, 0.5) is 4.39 Å². The maximum Gasteiger partial charge on any atom is 0.226 e. The molecule has 0 spiro atoms. The molecule has 9 heteroatoms. The highest BCUT2D eigenvalue weighted by Gasteiger charge is 2.19. The predicted octanol–water partition coefficient (Wildman–Crippen LogP) is 4.02. The smallest absolute Gasteiger partial charge is 0.226 e. The first-order valence-electron chi connectivity index (χ1n) is 10.1. The fourth-order valence-corrected chi connectivity index (χ4v) is 4.27. The van der Waals surface area contributed by atoms with Gasteiger partial charge in [0.1, 0.15) is 5.82 Å². The lowest BCUT2D eigenvalue weighted by molar-refractivity contribution is 0.214. The number of likely N-dealkylation sites (tertiary alicyclic amines) is 1. The molecule has 0 bridgehead atoms. The Morgan fingerprint density at radius 3 is 2.66 bits per heavy atom. The maximum absolute atomic E-state index is 13.5. The van der Waals surface area contributed by atoms with Crippen LogP contribution < -0.4 is 0 Å². The number of aromatic nitrogens is 5. The Balaban J connectivity index is 1.55. The summed E-state index contributed by atoms with van der Waals surface area (Å²) in [7, 11) is 0. The highest BCUT2D eigenvalue weighted by Crippen LogP contribution is 2.26. The van der Waals surface area contributed by atoms with E-state index in [1.165, 1.54) is 43.2 Å². The molecule has 0 amide bonds. The third-order valence-electron chi connectivity index (χ3n) is 4.90. The van der Waals surface area contributed by atoms with Crippen LogP contribution in [0.2, 0.25) is 0 Å². The fourth-order valence-electron chi connectivity index (χ4n) is 3.46. The molecule has 1 aromatic carbocycles. The molecule has 3 aromatic rings. The van der Waals surface area contributed by atoms with Crippen LogP contribution >= 0.6 is 11.8 Å². The minimum Gasteiger partial charge on any atom is -0.339 e. The van der Waals surface area contributed by atoms with Crippen molar-refractivity contribution in [3.05, 3.63) is 47.6 Å². The summed E-state index contributed by atoms with van der Waals surface area (Å²) in [4.78, 5) is 6.82. The van der Waals surface area contributed by atoms with Crippen molar-refractivity contribution in [1.82, 2.24) is 29.8 Å². The first-order valence-corrected chi connectivity index (χ1v) is 11.1. The van der Waals surface area contributed by atoms with Crippen molar-refractivity contribution in [3.8, 4) is 5.69 Å². The molecule has 0 saturated carbocycles. The van der Waals surface area contributed by atoms with E-state index in [-0.39, 0.29) is 5.82 Å². The molecule has 1 saturated heterocycles. The molecule has 3 heterocycles. The van der Waals surface area contributed by atoms with Crippen molar-refractivity contribution in [2.45, 2.75) is 56.5 Å².